The normalized spacial score (nSPS) is 15.1. The van der Waals surface area contributed by atoms with Crippen LogP contribution in [0.15, 0.2) is 35.7 Å². The Morgan fingerprint density at radius 1 is 1.10 bits per heavy atom. The predicted molar refractivity (Wildman–Crippen MR) is 109 cm³/mol. The molecule has 6 nitrogen and oxygen atoms in total. The molecule has 1 fully saturated rings. The van der Waals surface area contributed by atoms with Crippen molar-refractivity contribution in [2.75, 3.05) is 38.0 Å². The van der Waals surface area contributed by atoms with E-state index in [2.05, 4.69) is 10.6 Å². The Morgan fingerprint density at radius 2 is 1.80 bits per heavy atom. The van der Waals surface area contributed by atoms with Crippen molar-refractivity contribution in [2.24, 2.45) is 0 Å². The van der Waals surface area contributed by atoms with Crippen LogP contribution in [0.5, 0.6) is 0 Å². The second-order valence-electron chi connectivity index (χ2n) is 7.04. The SMILES string of the molecule is Cc1ccsc1CNC(=O)N1CCN(CC(=O)Nc2ccccc2C(F)(F)F)CC1. The second-order valence-corrected chi connectivity index (χ2v) is 8.04. The van der Waals surface area contributed by atoms with Crippen molar-refractivity contribution in [2.45, 2.75) is 19.6 Å². The summed E-state index contributed by atoms with van der Waals surface area (Å²) < 4.78 is 39.1. The van der Waals surface area contributed by atoms with Gasteiger partial charge in [0.1, 0.15) is 0 Å². The van der Waals surface area contributed by atoms with Gasteiger partial charge in [-0.25, -0.2) is 4.79 Å². The summed E-state index contributed by atoms with van der Waals surface area (Å²) in [5.41, 5.74) is 0.0148. The van der Waals surface area contributed by atoms with E-state index in [1.165, 1.54) is 18.2 Å². The predicted octanol–water partition coefficient (Wildman–Crippen LogP) is 3.54. The number of anilines is 1. The Hall–Kier alpha value is -2.59. The number of rotatable bonds is 5. The molecule has 0 bridgehead atoms. The lowest BCUT2D eigenvalue weighted by molar-refractivity contribution is -0.137. The lowest BCUT2D eigenvalue weighted by atomic mass is 10.1. The maximum atomic E-state index is 13.0. The van der Waals surface area contributed by atoms with E-state index in [0.717, 1.165) is 16.5 Å². The summed E-state index contributed by atoms with van der Waals surface area (Å²) in [6.07, 6.45) is -4.54. The molecule has 3 amide bonds. The Labute approximate surface area is 176 Å². The third-order valence-electron chi connectivity index (χ3n) is 4.90. The summed E-state index contributed by atoms with van der Waals surface area (Å²) >= 11 is 1.59. The number of carbonyl (C=O) groups is 2. The van der Waals surface area contributed by atoms with Gasteiger partial charge >= 0.3 is 12.2 Å². The highest BCUT2D eigenvalue weighted by molar-refractivity contribution is 7.10. The number of nitrogens with zero attached hydrogens (tertiary/aromatic N) is 2. The Kier molecular flexibility index (Phi) is 6.99. The maximum Gasteiger partial charge on any atom is 0.418 e. The molecule has 2 N–H and O–H groups in total. The first-order valence-electron chi connectivity index (χ1n) is 9.48. The number of halogens is 3. The number of aryl methyl sites for hydroxylation is 1. The molecule has 30 heavy (non-hydrogen) atoms. The number of thiophene rings is 1. The third-order valence-corrected chi connectivity index (χ3v) is 5.92. The van der Waals surface area contributed by atoms with Crippen LogP contribution >= 0.6 is 11.3 Å². The van der Waals surface area contributed by atoms with Crippen LogP contribution in [0.2, 0.25) is 0 Å². The molecule has 1 aliphatic rings. The molecule has 2 heterocycles. The number of para-hydroxylation sites is 1. The van der Waals surface area contributed by atoms with Gasteiger partial charge in [0.25, 0.3) is 0 Å². The van der Waals surface area contributed by atoms with Crippen LogP contribution < -0.4 is 10.6 Å². The molecule has 2 aromatic rings. The summed E-state index contributed by atoms with van der Waals surface area (Å²) in [6.45, 7) is 4.28. The molecule has 0 atom stereocenters. The number of amides is 3. The van der Waals surface area contributed by atoms with Crippen molar-refractivity contribution in [3.63, 3.8) is 0 Å². The van der Waals surface area contributed by atoms with Gasteiger partial charge in [0.05, 0.1) is 24.3 Å². The van der Waals surface area contributed by atoms with Gasteiger partial charge in [0.15, 0.2) is 0 Å². The van der Waals surface area contributed by atoms with Gasteiger partial charge in [0.2, 0.25) is 5.91 Å². The lowest BCUT2D eigenvalue weighted by Crippen LogP contribution is -2.52. The number of hydrogen-bond acceptors (Lipinski definition) is 4. The van der Waals surface area contributed by atoms with Gasteiger partial charge in [-0.2, -0.15) is 13.2 Å². The minimum absolute atomic E-state index is 0.0317. The number of nitrogens with one attached hydrogen (secondary N) is 2. The van der Waals surface area contributed by atoms with E-state index in [-0.39, 0.29) is 18.3 Å². The highest BCUT2D eigenvalue weighted by atomic mass is 32.1. The summed E-state index contributed by atoms with van der Waals surface area (Å²) in [5, 5.41) is 7.22. The largest absolute Gasteiger partial charge is 0.418 e. The number of hydrogen-bond donors (Lipinski definition) is 2. The molecule has 0 aliphatic carbocycles. The van der Waals surface area contributed by atoms with E-state index < -0.39 is 17.6 Å². The molecule has 10 heteroatoms. The fourth-order valence-electron chi connectivity index (χ4n) is 3.19. The van der Waals surface area contributed by atoms with Crippen molar-refractivity contribution >= 4 is 29.0 Å². The zero-order chi connectivity index (χ0) is 21.7. The summed E-state index contributed by atoms with van der Waals surface area (Å²) in [6, 6.07) is 6.74. The maximum absolute atomic E-state index is 13.0. The number of urea groups is 1. The van der Waals surface area contributed by atoms with E-state index in [1.54, 1.807) is 16.2 Å². The first kappa shape index (κ1) is 22.1. The molecule has 1 aromatic carbocycles. The first-order chi connectivity index (χ1) is 14.2. The standard InChI is InChI=1S/C20H23F3N4O2S/c1-14-6-11-30-17(14)12-24-19(29)27-9-7-26(8-10-27)13-18(28)25-16-5-3-2-4-15(16)20(21,22)23/h2-6,11H,7-10,12-13H2,1H3,(H,24,29)(H,25,28). The Balaban J connectivity index is 1.45. The highest BCUT2D eigenvalue weighted by Gasteiger charge is 2.33. The van der Waals surface area contributed by atoms with E-state index in [0.29, 0.717) is 32.7 Å². The molecular formula is C20H23F3N4O2S. The number of alkyl halides is 3. The van der Waals surface area contributed by atoms with Crippen molar-refractivity contribution in [1.29, 1.82) is 0 Å². The van der Waals surface area contributed by atoms with Crippen molar-refractivity contribution in [1.82, 2.24) is 15.1 Å². The molecule has 1 aromatic heterocycles. The average molecular weight is 440 g/mol. The van der Waals surface area contributed by atoms with E-state index in [1.807, 2.05) is 23.3 Å². The summed E-state index contributed by atoms with van der Waals surface area (Å²) in [7, 11) is 0. The van der Waals surface area contributed by atoms with Crippen LogP contribution in [0.1, 0.15) is 16.0 Å². The molecule has 0 spiro atoms. The van der Waals surface area contributed by atoms with Gasteiger partial charge < -0.3 is 15.5 Å². The van der Waals surface area contributed by atoms with E-state index >= 15 is 0 Å². The van der Waals surface area contributed by atoms with Gasteiger partial charge in [-0.05, 0) is 36.1 Å². The topological polar surface area (TPSA) is 64.7 Å². The van der Waals surface area contributed by atoms with Crippen LogP contribution in [0, 0.1) is 6.92 Å². The monoisotopic (exact) mass is 440 g/mol. The van der Waals surface area contributed by atoms with Crippen molar-refractivity contribution < 1.29 is 22.8 Å². The molecule has 3 rings (SSSR count). The summed E-state index contributed by atoms with van der Waals surface area (Å²) in [5.74, 6) is -0.516. The van der Waals surface area contributed by atoms with Crippen LogP contribution in [0.25, 0.3) is 0 Å². The average Bonchev–Trinajstić information content (AvgIpc) is 3.11. The van der Waals surface area contributed by atoms with Gasteiger partial charge in [-0.1, -0.05) is 12.1 Å². The smallest absolute Gasteiger partial charge is 0.333 e. The van der Waals surface area contributed by atoms with Crippen molar-refractivity contribution in [3.8, 4) is 0 Å². The summed E-state index contributed by atoms with van der Waals surface area (Å²) in [4.78, 5) is 29.2. The van der Waals surface area contributed by atoms with E-state index in [4.69, 9.17) is 0 Å². The van der Waals surface area contributed by atoms with Crippen LogP contribution in [0.4, 0.5) is 23.7 Å². The first-order valence-corrected chi connectivity index (χ1v) is 10.4. The second kappa shape index (κ2) is 9.48. The van der Waals surface area contributed by atoms with Gasteiger partial charge in [0, 0.05) is 31.1 Å². The fraction of sp³-hybridized carbons (Fsp3) is 0.400. The zero-order valence-electron chi connectivity index (χ0n) is 16.5. The molecule has 0 unspecified atom stereocenters. The zero-order valence-corrected chi connectivity index (χ0v) is 17.3. The lowest BCUT2D eigenvalue weighted by Gasteiger charge is -2.34. The third kappa shape index (κ3) is 5.73. The molecule has 162 valence electrons. The van der Waals surface area contributed by atoms with Crippen LogP contribution in [-0.2, 0) is 17.5 Å². The molecule has 1 saturated heterocycles. The molecule has 0 radical (unpaired) electrons. The minimum Gasteiger partial charge on any atom is -0.333 e. The highest BCUT2D eigenvalue weighted by Crippen LogP contribution is 2.34. The Bertz CT molecular complexity index is 892. The molecule has 1 aliphatic heterocycles. The number of piperazine rings is 1. The Morgan fingerprint density at radius 3 is 2.43 bits per heavy atom. The molecule has 0 saturated carbocycles. The number of carbonyl (C=O) groups excluding carboxylic acids is 2. The van der Waals surface area contributed by atoms with Crippen LogP contribution in [-0.4, -0.2) is 54.5 Å². The molecular weight excluding hydrogens is 417 g/mol. The van der Waals surface area contributed by atoms with Gasteiger partial charge in [-0.15, -0.1) is 11.3 Å². The van der Waals surface area contributed by atoms with E-state index in [9.17, 15) is 22.8 Å². The quantitative estimate of drug-likeness (QED) is 0.748. The van der Waals surface area contributed by atoms with Gasteiger partial charge in [-0.3, -0.25) is 9.69 Å². The van der Waals surface area contributed by atoms with Crippen molar-refractivity contribution in [3.05, 3.63) is 51.7 Å². The fourth-order valence-corrected chi connectivity index (χ4v) is 4.04. The minimum atomic E-state index is -4.54. The number of benzene rings is 1. The van der Waals surface area contributed by atoms with Crippen LogP contribution in [0.3, 0.4) is 0 Å².